The maximum Gasteiger partial charge on any atom is 0.236 e. The molecule has 4 heteroatoms. The Labute approximate surface area is 109 Å². The number of carbonyl (C=O) groups excluding carboxylic acids is 1. The predicted molar refractivity (Wildman–Crippen MR) is 72.4 cm³/mol. The second-order valence-electron chi connectivity index (χ2n) is 4.78. The normalized spacial score (nSPS) is 12.5. The minimum Gasteiger partial charge on any atom is -0.508 e. The number of para-hydroxylation sites is 1. The molecule has 0 aromatic heterocycles. The van der Waals surface area contributed by atoms with Crippen LogP contribution in [0.25, 0.3) is 0 Å². The lowest BCUT2D eigenvalue weighted by molar-refractivity contribution is -0.130. The van der Waals surface area contributed by atoms with Crippen LogP contribution in [0.1, 0.15) is 32.4 Å². The van der Waals surface area contributed by atoms with E-state index in [1.54, 1.807) is 24.1 Å². The Morgan fingerprint density at radius 1 is 1.33 bits per heavy atom. The highest BCUT2D eigenvalue weighted by atomic mass is 16.3. The van der Waals surface area contributed by atoms with Crippen LogP contribution >= 0.6 is 0 Å². The number of nitrogens with zero attached hydrogens (tertiary/aromatic N) is 1. The minimum atomic E-state index is -0.146. The number of benzene rings is 1. The summed E-state index contributed by atoms with van der Waals surface area (Å²) in [4.78, 5) is 13.6. The van der Waals surface area contributed by atoms with Crippen LogP contribution in [-0.4, -0.2) is 35.5 Å². The SMILES string of the molecule is CC(C)NCC(=O)N(C)C(C)c1ccccc1O. The summed E-state index contributed by atoms with van der Waals surface area (Å²) in [6, 6.07) is 7.23. The Morgan fingerprint density at radius 2 is 1.94 bits per heavy atom. The van der Waals surface area contributed by atoms with E-state index in [-0.39, 0.29) is 23.7 Å². The highest BCUT2D eigenvalue weighted by molar-refractivity contribution is 5.78. The van der Waals surface area contributed by atoms with E-state index in [0.717, 1.165) is 5.56 Å². The summed E-state index contributed by atoms with van der Waals surface area (Å²) in [6.07, 6.45) is 0. The first-order chi connectivity index (χ1) is 8.43. The zero-order valence-electron chi connectivity index (χ0n) is 11.5. The van der Waals surface area contributed by atoms with Gasteiger partial charge in [-0.3, -0.25) is 4.79 Å². The molecule has 0 radical (unpaired) electrons. The summed E-state index contributed by atoms with van der Waals surface area (Å²) in [5, 5.41) is 12.9. The summed E-state index contributed by atoms with van der Waals surface area (Å²) in [6.45, 7) is 6.22. The number of likely N-dealkylation sites (N-methyl/N-ethyl adjacent to an activating group) is 1. The Bertz CT molecular complexity index is 405. The average Bonchev–Trinajstić information content (AvgIpc) is 2.34. The molecule has 0 saturated carbocycles. The van der Waals surface area contributed by atoms with Crippen molar-refractivity contribution in [2.45, 2.75) is 32.9 Å². The minimum absolute atomic E-state index is 0.0134. The number of hydrogen-bond acceptors (Lipinski definition) is 3. The highest BCUT2D eigenvalue weighted by Gasteiger charge is 2.19. The molecule has 0 fully saturated rings. The van der Waals surface area contributed by atoms with Gasteiger partial charge in [-0.2, -0.15) is 0 Å². The van der Waals surface area contributed by atoms with Gasteiger partial charge in [0.15, 0.2) is 0 Å². The van der Waals surface area contributed by atoms with Crippen molar-refractivity contribution in [1.82, 2.24) is 10.2 Å². The molecule has 1 rings (SSSR count). The van der Waals surface area contributed by atoms with Crippen molar-refractivity contribution in [3.05, 3.63) is 29.8 Å². The Morgan fingerprint density at radius 3 is 2.50 bits per heavy atom. The van der Waals surface area contributed by atoms with Crippen LogP contribution in [0.4, 0.5) is 0 Å². The van der Waals surface area contributed by atoms with E-state index in [2.05, 4.69) is 5.32 Å². The first-order valence-electron chi connectivity index (χ1n) is 6.20. The van der Waals surface area contributed by atoms with Gasteiger partial charge in [-0.1, -0.05) is 32.0 Å². The lowest BCUT2D eigenvalue weighted by Crippen LogP contribution is -2.39. The number of amides is 1. The monoisotopic (exact) mass is 250 g/mol. The summed E-state index contributed by atoms with van der Waals surface area (Å²) in [5.74, 6) is 0.237. The summed E-state index contributed by atoms with van der Waals surface area (Å²) < 4.78 is 0. The third kappa shape index (κ3) is 3.74. The van der Waals surface area contributed by atoms with E-state index in [9.17, 15) is 9.90 Å². The Balaban J connectivity index is 2.69. The van der Waals surface area contributed by atoms with Crippen LogP contribution < -0.4 is 5.32 Å². The molecule has 2 N–H and O–H groups in total. The van der Waals surface area contributed by atoms with Crippen LogP contribution in [0.5, 0.6) is 5.75 Å². The molecule has 1 aromatic rings. The van der Waals surface area contributed by atoms with Crippen molar-refractivity contribution in [1.29, 1.82) is 0 Å². The third-order valence-electron chi connectivity index (χ3n) is 3.02. The van der Waals surface area contributed by atoms with E-state index in [1.807, 2.05) is 32.9 Å². The molecule has 1 aromatic carbocycles. The number of aromatic hydroxyl groups is 1. The van der Waals surface area contributed by atoms with Crippen molar-refractivity contribution < 1.29 is 9.90 Å². The highest BCUT2D eigenvalue weighted by Crippen LogP contribution is 2.26. The van der Waals surface area contributed by atoms with Crippen molar-refractivity contribution >= 4 is 5.91 Å². The van der Waals surface area contributed by atoms with E-state index >= 15 is 0 Å². The molecule has 0 aliphatic heterocycles. The van der Waals surface area contributed by atoms with E-state index in [4.69, 9.17) is 0 Å². The summed E-state index contributed by atoms with van der Waals surface area (Å²) in [7, 11) is 1.75. The number of nitrogens with one attached hydrogen (secondary N) is 1. The third-order valence-corrected chi connectivity index (χ3v) is 3.02. The fraction of sp³-hybridized carbons (Fsp3) is 0.500. The molecular formula is C14H22N2O2. The molecule has 1 atom stereocenters. The molecule has 4 nitrogen and oxygen atoms in total. The fourth-order valence-corrected chi connectivity index (χ4v) is 1.68. The zero-order chi connectivity index (χ0) is 13.7. The summed E-state index contributed by atoms with van der Waals surface area (Å²) >= 11 is 0. The molecule has 0 aliphatic rings. The topological polar surface area (TPSA) is 52.6 Å². The number of phenols is 1. The predicted octanol–water partition coefficient (Wildman–Crippen LogP) is 1.91. The first-order valence-corrected chi connectivity index (χ1v) is 6.20. The maximum atomic E-state index is 12.0. The zero-order valence-corrected chi connectivity index (χ0v) is 11.5. The van der Waals surface area contributed by atoms with Gasteiger partial charge in [-0.05, 0) is 13.0 Å². The average molecular weight is 250 g/mol. The van der Waals surface area contributed by atoms with Crippen molar-refractivity contribution in [3.63, 3.8) is 0 Å². The van der Waals surface area contributed by atoms with Gasteiger partial charge in [0.05, 0.1) is 12.6 Å². The molecule has 0 saturated heterocycles. The molecule has 1 amide bonds. The van der Waals surface area contributed by atoms with Gasteiger partial charge in [0.2, 0.25) is 5.91 Å². The van der Waals surface area contributed by atoms with Gasteiger partial charge in [-0.15, -0.1) is 0 Å². The largest absolute Gasteiger partial charge is 0.508 e. The Kier molecular flexibility index (Phi) is 5.16. The van der Waals surface area contributed by atoms with Gasteiger partial charge in [0.1, 0.15) is 5.75 Å². The second-order valence-corrected chi connectivity index (χ2v) is 4.78. The number of carbonyl (C=O) groups is 1. The smallest absolute Gasteiger partial charge is 0.236 e. The molecular weight excluding hydrogens is 228 g/mol. The molecule has 0 heterocycles. The maximum absolute atomic E-state index is 12.0. The lowest BCUT2D eigenvalue weighted by atomic mass is 10.1. The van der Waals surface area contributed by atoms with Gasteiger partial charge in [-0.25, -0.2) is 0 Å². The second kappa shape index (κ2) is 6.40. The van der Waals surface area contributed by atoms with Gasteiger partial charge < -0.3 is 15.3 Å². The van der Waals surface area contributed by atoms with Crippen LogP contribution in [0.15, 0.2) is 24.3 Å². The van der Waals surface area contributed by atoms with Crippen molar-refractivity contribution in [2.24, 2.45) is 0 Å². The van der Waals surface area contributed by atoms with Crippen LogP contribution in [-0.2, 0) is 4.79 Å². The lowest BCUT2D eigenvalue weighted by Gasteiger charge is -2.26. The van der Waals surface area contributed by atoms with E-state index in [1.165, 1.54) is 0 Å². The molecule has 0 spiro atoms. The number of hydrogen-bond donors (Lipinski definition) is 2. The first kappa shape index (κ1) is 14.5. The standard InChI is InChI=1S/C14H22N2O2/c1-10(2)15-9-14(18)16(4)11(3)12-7-5-6-8-13(12)17/h5-8,10-11,15,17H,9H2,1-4H3. The number of phenolic OH excluding ortho intramolecular Hbond substituents is 1. The molecule has 0 bridgehead atoms. The molecule has 100 valence electrons. The fourth-order valence-electron chi connectivity index (χ4n) is 1.68. The van der Waals surface area contributed by atoms with Gasteiger partial charge >= 0.3 is 0 Å². The van der Waals surface area contributed by atoms with Gasteiger partial charge in [0.25, 0.3) is 0 Å². The Hall–Kier alpha value is -1.55. The summed E-state index contributed by atoms with van der Waals surface area (Å²) in [5.41, 5.74) is 0.762. The van der Waals surface area contributed by atoms with Crippen LogP contribution in [0, 0.1) is 0 Å². The quantitative estimate of drug-likeness (QED) is 0.839. The van der Waals surface area contributed by atoms with Gasteiger partial charge in [0, 0.05) is 18.7 Å². The van der Waals surface area contributed by atoms with Crippen LogP contribution in [0.2, 0.25) is 0 Å². The van der Waals surface area contributed by atoms with Crippen LogP contribution in [0.3, 0.4) is 0 Å². The van der Waals surface area contributed by atoms with Crippen molar-refractivity contribution in [2.75, 3.05) is 13.6 Å². The molecule has 18 heavy (non-hydrogen) atoms. The molecule has 0 aliphatic carbocycles. The van der Waals surface area contributed by atoms with E-state index in [0.29, 0.717) is 6.54 Å². The molecule has 1 unspecified atom stereocenters. The number of rotatable bonds is 5. The van der Waals surface area contributed by atoms with E-state index < -0.39 is 0 Å². The van der Waals surface area contributed by atoms with Crippen molar-refractivity contribution in [3.8, 4) is 5.75 Å².